The molecule has 1 atom stereocenters. The lowest BCUT2D eigenvalue weighted by atomic mass is 9.92. The molecule has 2 fully saturated rings. The predicted octanol–water partition coefficient (Wildman–Crippen LogP) is 0.780. The molecule has 1 saturated carbocycles. The van der Waals surface area contributed by atoms with Crippen molar-refractivity contribution in [2.75, 3.05) is 13.1 Å². The summed E-state index contributed by atoms with van der Waals surface area (Å²) in [5.74, 6) is 0.760. The van der Waals surface area contributed by atoms with Gasteiger partial charge in [-0.05, 0) is 38.2 Å². The number of rotatable bonds is 5. The van der Waals surface area contributed by atoms with Gasteiger partial charge in [0.2, 0.25) is 5.91 Å². The zero-order valence-corrected chi connectivity index (χ0v) is 13.4. The number of nitrogens with one attached hydrogen (secondary N) is 2. The second kappa shape index (κ2) is 6.93. The molecule has 1 aromatic heterocycles. The summed E-state index contributed by atoms with van der Waals surface area (Å²) in [5.41, 5.74) is 1.01. The van der Waals surface area contributed by atoms with Crippen LogP contribution in [0.3, 0.4) is 0 Å². The molecule has 3 amide bonds. The molecule has 3 rings (SSSR count). The van der Waals surface area contributed by atoms with Crippen LogP contribution in [0.15, 0.2) is 12.4 Å². The molecule has 2 heterocycles. The van der Waals surface area contributed by atoms with Gasteiger partial charge in [0.1, 0.15) is 11.9 Å². The fraction of sp³-hybridized carbons (Fsp3) is 0.625. The van der Waals surface area contributed by atoms with Gasteiger partial charge in [-0.1, -0.05) is 0 Å². The molecule has 2 N–H and O–H groups in total. The lowest BCUT2D eigenvalue weighted by Gasteiger charge is -2.34. The van der Waals surface area contributed by atoms with Crippen molar-refractivity contribution < 1.29 is 9.59 Å². The van der Waals surface area contributed by atoms with Crippen LogP contribution in [-0.4, -0.2) is 52.0 Å². The van der Waals surface area contributed by atoms with E-state index in [4.69, 9.17) is 0 Å². The standard InChI is InChI=1S/C16H23N5O2/c1-11-9-18-14(19-10-11)5-7-17-16(23)20-13-6-8-21(15(13)22)12-3-2-4-12/h9-10,12-13H,2-8H2,1H3,(H2,17,20,23). The third-order valence-corrected chi connectivity index (χ3v) is 4.53. The zero-order valence-electron chi connectivity index (χ0n) is 13.4. The van der Waals surface area contributed by atoms with Crippen molar-refractivity contribution in [2.24, 2.45) is 0 Å². The number of aromatic nitrogens is 2. The maximum absolute atomic E-state index is 12.3. The van der Waals surface area contributed by atoms with Gasteiger partial charge in [-0.25, -0.2) is 14.8 Å². The molecule has 0 aromatic carbocycles. The quantitative estimate of drug-likeness (QED) is 0.840. The van der Waals surface area contributed by atoms with Crippen molar-refractivity contribution in [1.82, 2.24) is 25.5 Å². The van der Waals surface area contributed by atoms with E-state index in [2.05, 4.69) is 20.6 Å². The summed E-state index contributed by atoms with van der Waals surface area (Å²) in [7, 11) is 0. The Hall–Kier alpha value is -2.18. The van der Waals surface area contributed by atoms with Crippen molar-refractivity contribution in [3.63, 3.8) is 0 Å². The number of urea groups is 1. The number of aryl methyl sites for hydroxylation is 1. The lowest BCUT2D eigenvalue weighted by Crippen LogP contribution is -2.49. The maximum atomic E-state index is 12.3. The number of amides is 3. The average molecular weight is 317 g/mol. The summed E-state index contributed by atoms with van der Waals surface area (Å²) < 4.78 is 0. The summed E-state index contributed by atoms with van der Waals surface area (Å²) in [6.45, 7) is 3.13. The highest BCUT2D eigenvalue weighted by atomic mass is 16.2. The first-order chi connectivity index (χ1) is 11.1. The Morgan fingerprint density at radius 2 is 2.04 bits per heavy atom. The number of hydrogen-bond donors (Lipinski definition) is 2. The highest BCUT2D eigenvalue weighted by Crippen LogP contribution is 2.28. The van der Waals surface area contributed by atoms with Gasteiger partial charge < -0.3 is 15.5 Å². The smallest absolute Gasteiger partial charge is 0.315 e. The molecule has 1 aliphatic heterocycles. The second-order valence-electron chi connectivity index (χ2n) is 6.28. The van der Waals surface area contributed by atoms with Crippen LogP contribution >= 0.6 is 0 Å². The molecule has 1 aromatic rings. The fourth-order valence-corrected chi connectivity index (χ4v) is 2.94. The maximum Gasteiger partial charge on any atom is 0.315 e. The van der Waals surface area contributed by atoms with Crippen LogP contribution in [0.1, 0.15) is 37.1 Å². The molecule has 7 nitrogen and oxygen atoms in total. The molecule has 1 saturated heterocycles. The Kier molecular flexibility index (Phi) is 4.73. The van der Waals surface area contributed by atoms with Crippen LogP contribution in [0.25, 0.3) is 0 Å². The summed E-state index contributed by atoms with van der Waals surface area (Å²) in [6.07, 6.45) is 8.18. The van der Waals surface area contributed by atoms with E-state index in [9.17, 15) is 9.59 Å². The van der Waals surface area contributed by atoms with Crippen molar-refractivity contribution >= 4 is 11.9 Å². The van der Waals surface area contributed by atoms with E-state index in [0.717, 1.165) is 24.9 Å². The van der Waals surface area contributed by atoms with E-state index in [-0.39, 0.29) is 18.0 Å². The molecule has 124 valence electrons. The van der Waals surface area contributed by atoms with E-state index in [1.165, 1.54) is 6.42 Å². The van der Waals surface area contributed by atoms with Crippen molar-refractivity contribution in [3.8, 4) is 0 Å². The molecular weight excluding hydrogens is 294 g/mol. The molecule has 0 spiro atoms. The van der Waals surface area contributed by atoms with E-state index < -0.39 is 0 Å². The summed E-state index contributed by atoms with van der Waals surface area (Å²) >= 11 is 0. The Morgan fingerprint density at radius 3 is 2.70 bits per heavy atom. The van der Waals surface area contributed by atoms with Crippen LogP contribution in [-0.2, 0) is 11.2 Å². The van der Waals surface area contributed by atoms with Gasteiger partial charge in [0.15, 0.2) is 0 Å². The molecular formula is C16H23N5O2. The summed E-state index contributed by atoms with van der Waals surface area (Å²) in [5, 5.41) is 5.54. The topological polar surface area (TPSA) is 87.2 Å². The number of likely N-dealkylation sites (tertiary alicyclic amines) is 1. The van der Waals surface area contributed by atoms with Gasteiger partial charge in [0, 0.05) is 37.9 Å². The van der Waals surface area contributed by atoms with Crippen LogP contribution in [0.5, 0.6) is 0 Å². The summed E-state index contributed by atoms with van der Waals surface area (Å²) in [6, 6.07) is -0.284. The third-order valence-electron chi connectivity index (χ3n) is 4.53. The van der Waals surface area contributed by atoms with Gasteiger partial charge in [-0.15, -0.1) is 0 Å². The fourth-order valence-electron chi connectivity index (χ4n) is 2.94. The molecule has 1 unspecified atom stereocenters. The van der Waals surface area contributed by atoms with Crippen molar-refractivity contribution in [2.45, 2.75) is 51.1 Å². The first-order valence-corrected chi connectivity index (χ1v) is 8.26. The van der Waals surface area contributed by atoms with Gasteiger partial charge in [-0.3, -0.25) is 4.79 Å². The monoisotopic (exact) mass is 317 g/mol. The van der Waals surface area contributed by atoms with Gasteiger partial charge in [0.05, 0.1) is 0 Å². The van der Waals surface area contributed by atoms with Crippen LogP contribution in [0.2, 0.25) is 0 Å². The van der Waals surface area contributed by atoms with Crippen LogP contribution in [0, 0.1) is 6.92 Å². The Balaban J connectivity index is 1.39. The summed E-state index contributed by atoms with van der Waals surface area (Å²) in [4.78, 5) is 34.5. The number of carbonyl (C=O) groups is 2. The first kappa shape index (κ1) is 15.7. The SMILES string of the molecule is Cc1cnc(CCNC(=O)NC2CCN(C3CCC3)C2=O)nc1. The van der Waals surface area contributed by atoms with Crippen LogP contribution < -0.4 is 10.6 Å². The number of carbonyl (C=O) groups excluding carboxylic acids is 2. The minimum absolute atomic E-state index is 0.0618. The van der Waals surface area contributed by atoms with Gasteiger partial charge in [0.25, 0.3) is 0 Å². The van der Waals surface area contributed by atoms with E-state index >= 15 is 0 Å². The molecule has 1 aliphatic carbocycles. The van der Waals surface area contributed by atoms with E-state index in [0.29, 0.717) is 31.3 Å². The minimum atomic E-state index is -0.383. The normalized spacial score (nSPS) is 21.2. The zero-order chi connectivity index (χ0) is 16.2. The Bertz CT molecular complexity index is 570. The lowest BCUT2D eigenvalue weighted by molar-refractivity contribution is -0.132. The highest BCUT2D eigenvalue weighted by molar-refractivity contribution is 5.88. The Labute approximate surface area is 135 Å². The van der Waals surface area contributed by atoms with Crippen molar-refractivity contribution in [3.05, 3.63) is 23.8 Å². The van der Waals surface area contributed by atoms with E-state index in [1.54, 1.807) is 12.4 Å². The van der Waals surface area contributed by atoms with E-state index in [1.807, 2.05) is 11.8 Å². The number of nitrogens with zero attached hydrogens (tertiary/aromatic N) is 3. The first-order valence-electron chi connectivity index (χ1n) is 8.26. The highest BCUT2D eigenvalue weighted by Gasteiger charge is 2.38. The van der Waals surface area contributed by atoms with Crippen molar-refractivity contribution in [1.29, 1.82) is 0 Å². The molecule has 0 bridgehead atoms. The molecule has 7 heteroatoms. The molecule has 23 heavy (non-hydrogen) atoms. The third kappa shape index (κ3) is 3.78. The van der Waals surface area contributed by atoms with Crippen LogP contribution in [0.4, 0.5) is 4.79 Å². The number of hydrogen-bond acceptors (Lipinski definition) is 4. The average Bonchev–Trinajstić information content (AvgIpc) is 2.81. The van der Waals surface area contributed by atoms with Gasteiger partial charge >= 0.3 is 6.03 Å². The predicted molar refractivity (Wildman–Crippen MR) is 84.8 cm³/mol. The molecule has 0 radical (unpaired) electrons. The largest absolute Gasteiger partial charge is 0.338 e. The van der Waals surface area contributed by atoms with Gasteiger partial charge in [-0.2, -0.15) is 0 Å². The second-order valence-corrected chi connectivity index (χ2v) is 6.28. The minimum Gasteiger partial charge on any atom is -0.338 e. The Morgan fingerprint density at radius 1 is 1.30 bits per heavy atom. The molecule has 2 aliphatic rings.